The molecule has 1 radical (unpaired) electrons. The molecule has 1 aromatic carbocycles. The van der Waals surface area contributed by atoms with Gasteiger partial charge in [-0.1, -0.05) is 12.6 Å². The van der Waals surface area contributed by atoms with Crippen molar-refractivity contribution in [3.63, 3.8) is 0 Å². The number of benzene rings is 1. The van der Waals surface area contributed by atoms with Gasteiger partial charge in [0.25, 0.3) is 0 Å². The maximum absolute atomic E-state index is 12.7. The van der Waals surface area contributed by atoms with E-state index >= 15 is 0 Å². The predicted molar refractivity (Wildman–Crippen MR) is 41.0 cm³/mol. The van der Waals surface area contributed by atoms with Gasteiger partial charge in [0.1, 0.15) is 0 Å². The normalized spacial score (nSPS) is 9.42. The van der Waals surface area contributed by atoms with E-state index in [1.807, 2.05) is 0 Å². The number of hydrogen-bond donors (Lipinski definition) is 0. The molecule has 3 nitrogen and oxygen atoms in total. The molecule has 0 spiro atoms. The number of halogens is 1. The van der Waals surface area contributed by atoms with Gasteiger partial charge in [-0.3, -0.25) is 10.1 Å². The van der Waals surface area contributed by atoms with Crippen LogP contribution >= 0.6 is 0 Å². The number of nitrogens with zero attached hydrogens (tertiary/aromatic N) is 1. The van der Waals surface area contributed by atoms with Crippen molar-refractivity contribution in [1.82, 2.24) is 0 Å². The van der Waals surface area contributed by atoms with Gasteiger partial charge in [-0.25, -0.2) is 0 Å². The van der Waals surface area contributed by atoms with E-state index in [1.165, 1.54) is 6.07 Å². The van der Waals surface area contributed by atoms with E-state index in [4.69, 9.17) is 0 Å². The summed E-state index contributed by atoms with van der Waals surface area (Å²) in [5, 5.41) is 10.2. The third kappa shape index (κ3) is 1.47. The van der Waals surface area contributed by atoms with Gasteiger partial charge in [0.2, 0.25) is 5.82 Å². The van der Waals surface area contributed by atoms with Gasteiger partial charge in [0.15, 0.2) is 0 Å². The molecule has 0 saturated carbocycles. The van der Waals surface area contributed by atoms with Crippen LogP contribution in [-0.2, 0) is 0 Å². The van der Waals surface area contributed by atoms with Crippen molar-refractivity contribution in [1.29, 1.82) is 0 Å². The van der Waals surface area contributed by atoms with Gasteiger partial charge in [0.05, 0.1) is 4.92 Å². The molecule has 1 aromatic rings. The molecule has 0 aromatic heterocycles. The second-order valence-electron chi connectivity index (χ2n) is 2.10. The molecule has 1 rings (SSSR count). The van der Waals surface area contributed by atoms with E-state index in [2.05, 4.69) is 12.7 Å². The summed E-state index contributed by atoms with van der Waals surface area (Å²) in [6, 6.07) is 3.48. The first kappa shape index (κ1) is 8.39. The standard InChI is InChI=1S/C8H5FNO2/c1-2-6-3-4-7(9)8(5-6)10(11)12/h3-5H,1H2. The van der Waals surface area contributed by atoms with Gasteiger partial charge in [-0.05, 0) is 17.7 Å². The maximum atomic E-state index is 12.7. The Balaban J connectivity index is 3.25. The van der Waals surface area contributed by atoms with Gasteiger partial charge in [-0.15, -0.1) is 0 Å². The third-order valence-corrected chi connectivity index (χ3v) is 1.35. The Morgan fingerprint density at radius 3 is 2.75 bits per heavy atom. The lowest BCUT2D eigenvalue weighted by molar-refractivity contribution is -0.387. The molecule has 0 aliphatic rings. The Morgan fingerprint density at radius 1 is 1.58 bits per heavy atom. The van der Waals surface area contributed by atoms with Crippen LogP contribution < -0.4 is 0 Å². The predicted octanol–water partition coefficient (Wildman–Crippen LogP) is 2.07. The highest BCUT2D eigenvalue weighted by atomic mass is 19.1. The van der Waals surface area contributed by atoms with Crippen molar-refractivity contribution in [3.8, 4) is 0 Å². The van der Waals surface area contributed by atoms with E-state index in [-0.39, 0.29) is 0 Å². The van der Waals surface area contributed by atoms with Crippen molar-refractivity contribution < 1.29 is 9.31 Å². The second kappa shape index (κ2) is 3.13. The molecule has 4 heteroatoms. The van der Waals surface area contributed by atoms with Gasteiger partial charge >= 0.3 is 5.69 Å². The topological polar surface area (TPSA) is 43.1 Å². The molecule has 0 fully saturated rings. The van der Waals surface area contributed by atoms with Crippen LogP contribution in [0.15, 0.2) is 24.8 Å². The van der Waals surface area contributed by atoms with Crippen LogP contribution in [0.4, 0.5) is 10.1 Å². The molecule has 0 aliphatic heterocycles. The molecule has 0 heterocycles. The number of nitro benzene ring substituents is 1. The quantitative estimate of drug-likeness (QED) is 0.498. The Bertz CT molecular complexity index is 336. The van der Waals surface area contributed by atoms with E-state index in [0.717, 1.165) is 12.1 Å². The highest BCUT2D eigenvalue weighted by molar-refractivity contribution is 5.38. The fourth-order valence-corrected chi connectivity index (χ4v) is 0.763. The lowest BCUT2D eigenvalue weighted by atomic mass is 10.2. The summed E-state index contributed by atoms with van der Waals surface area (Å²) in [5.41, 5.74) is -0.147. The largest absolute Gasteiger partial charge is 0.305 e. The number of rotatable bonds is 2. The van der Waals surface area contributed by atoms with Gasteiger partial charge in [0, 0.05) is 6.07 Å². The highest BCUT2D eigenvalue weighted by Gasteiger charge is 2.12. The van der Waals surface area contributed by atoms with Crippen LogP contribution in [0.5, 0.6) is 0 Å². The average Bonchev–Trinajstić information content (AvgIpc) is 2.05. The fraction of sp³-hybridized carbons (Fsp3) is 0. The SMILES string of the molecule is C=[C]c1ccc(F)c([N+](=O)[O-])c1. The molecule has 0 unspecified atom stereocenters. The minimum Gasteiger partial charge on any atom is -0.258 e. The van der Waals surface area contributed by atoms with E-state index in [0.29, 0.717) is 5.56 Å². The summed E-state index contributed by atoms with van der Waals surface area (Å²) in [6.45, 7) is 3.29. The van der Waals surface area contributed by atoms with E-state index in [1.54, 1.807) is 0 Å². The molecule has 0 atom stereocenters. The Hall–Kier alpha value is -1.71. The molecule has 12 heavy (non-hydrogen) atoms. The summed E-state index contributed by atoms with van der Waals surface area (Å²) in [6.07, 6.45) is 2.43. The van der Waals surface area contributed by atoms with Crippen molar-refractivity contribution in [3.05, 3.63) is 52.3 Å². The fourth-order valence-electron chi connectivity index (χ4n) is 0.763. The Morgan fingerprint density at radius 2 is 2.25 bits per heavy atom. The molecule has 61 valence electrons. The summed E-state index contributed by atoms with van der Waals surface area (Å²) in [7, 11) is 0. The number of nitro groups is 1. The summed E-state index contributed by atoms with van der Waals surface area (Å²) in [5.74, 6) is -0.848. The summed E-state index contributed by atoms with van der Waals surface area (Å²) >= 11 is 0. The highest BCUT2D eigenvalue weighted by Crippen LogP contribution is 2.17. The second-order valence-corrected chi connectivity index (χ2v) is 2.10. The van der Waals surface area contributed by atoms with Crippen molar-refractivity contribution in [2.24, 2.45) is 0 Å². The molecular weight excluding hydrogens is 161 g/mol. The summed E-state index contributed by atoms with van der Waals surface area (Å²) in [4.78, 5) is 9.43. The molecule has 0 saturated heterocycles. The monoisotopic (exact) mass is 166 g/mol. The summed E-state index contributed by atoms with van der Waals surface area (Å²) < 4.78 is 12.7. The zero-order valence-corrected chi connectivity index (χ0v) is 6.08. The Labute approximate surface area is 68.3 Å². The molecular formula is C8H5FNO2. The lowest BCUT2D eigenvalue weighted by Crippen LogP contribution is -1.92. The van der Waals surface area contributed by atoms with E-state index < -0.39 is 16.4 Å². The average molecular weight is 166 g/mol. The minimum absolute atomic E-state index is 0.406. The van der Waals surface area contributed by atoms with Crippen LogP contribution in [0.25, 0.3) is 0 Å². The van der Waals surface area contributed by atoms with E-state index in [9.17, 15) is 14.5 Å². The van der Waals surface area contributed by atoms with Gasteiger partial charge in [-0.2, -0.15) is 4.39 Å². The number of hydrogen-bond acceptors (Lipinski definition) is 2. The van der Waals surface area contributed by atoms with Crippen LogP contribution in [0, 0.1) is 22.0 Å². The van der Waals surface area contributed by atoms with Crippen LogP contribution in [-0.4, -0.2) is 4.92 Å². The maximum Gasteiger partial charge on any atom is 0.305 e. The van der Waals surface area contributed by atoms with Crippen molar-refractivity contribution in [2.45, 2.75) is 0 Å². The van der Waals surface area contributed by atoms with Crippen molar-refractivity contribution in [2.75, 3.05) is 0 Å². The molecule has 0 N–H and O–H groups in total. The van der Waals surface area contributed by atoms with Crippen molar-refractivity contribution >= 4 is 5.69 Å². The molecule has 0 amide bonds. The lowest BCUT2D eigenvalue weighted by Gasteiger charge is -1.94. The smallest absolute Gasteiger partial charge is 0.258 e. The minimum atomic E-state index is -0.848. The zero-order chi connectivity index (χ0) is 9.14. The molecule has 0 bridgehead atoms. The third-order valence-electron chi connectivity index (χ3n) is 1.35. The Kier molecular flexibility index (Phi) is 2.19. The first-order chi connectivity index (χ1) is 5.65. The first-order valence-corrected chi connectivity index (χ1v) is 3.12. The van der Waals surface area contributed by atoms with Crippen LogP contribution in [0.2, 0.25) is 0 Å². The first-order valence-electron chi connectivity index (χ1n) is 3.12. The van der Waals surface area contributed by atoms with Crippen LogP contribution in [0.3, 0.4) is 0 Å². The zero-order valence-electron chi connectivity index (χ0n) is 6.08. The van der Waals surface area contributed by atoms with Crippen LogP contribution in [0.1, 0.15) is 5.56 Å². The van der Waals surface area contributed by atoms with Gasteiger partial charge < -0.3 is 0 Å². The molecule has 0 aliphatic carbocycles.